The number of halogens is 1. The number of hydrogen-bond donors (Lipinski definition) is 5. The molecule has 0 fully saturated rings. The van der Waals surface area contributed by atoms with Crippen LogP contribution in [0.4, 0.5) is 33.2 Å². The molecule has 6 aliphatic heterocycles. The van der Waals surface area contributed by atoms with Gasteiger partial charge in [-0.15, -0.1) is 0 Å². The van der Waals surface area contributed by atoms with E-state index in [9.17, 15) is 18.8 Å². The maximum Gasteiger partial charge on any atom is 0.278 e. The van der Waals surface area contributed by atoms with Crippen LogP contribution < -0.4 is 40.8 Å². The standard InChI is InChI=1S/C32H30FN7O6/c1-32-29(42)38-22-15-19(8-10-24(22)46-32)36-27-21(33)17-35-31(40-27)37-20-9-11-25(26(16-20)44-2)45-13-12-34-28(41)23(39-30(32)43)14-18-6-4-3-5-7-18/h3-11,15-17,23H,12-14H2,1-2H3,(H,34,41)(H,38,42)(H,39,43)(H2,35,36,37,40)/t23?,32-/m0/s1. The summed E-state index contributed by atoms with van der Waals surface area (Å²) in [6.07, 6.45) is 1.17. The zero-order valence-electron chi connectivity index (χ0n) is 24.8. The summed E-state index contributed by atoms with van der Waals surface area (Å²) in [7, 11) is 1.48. The van der Waals surface area contributed by atoms with Crippen molar-refractivity contribution in [3.05, 3.63) is 84.3 Å². The van der Waals surface area contributed by atoms with Crippen LogP contribution in [-0.4, -0.2) is 59.6 Å². The number of methoxy groups -OCH3 is 1. The number of ether oxygens (including phenoxy) is 3. The molecule has 0 aliphatic carbocycles. The number of anilines is 5. The zero-order valence-corrected chi connectivity index (χ0v) is 24.8. The average Bonchev–Trinajstić information content (AvgIpc) is 3.05. The van der Waals surface area contributed by atoms with Crippen molar-refractivity contribution in [1.82, 2.24) is 20.6 Å². The van der Waals surface area contributed by atoms with Crippen LogP contribution in [0.15, 0.2) is 72.9 Å². The third-order valence-electron chi connectivity index (χ3n) is 7.40. The maximum absolute atomic E-state index is 14.7. The number of carbonyl (C=O) groups is 3. The molecule has 7 heterocycles. The number of amides is 3. The molecule has 13 nitrogen and oxygen atoms in total. The van der Waals surface area contributed by atoms with E-state index in [1.54, 1.807) is 24.3 Å². The molecule has 5 N–H and O–H groups in total. The van der Waals surface area contributed by atoms with Crippen LogP contribution in [0.25, 0.3) is 0 Å². The highest BCUT2D eigenvalue weighted by Gasteiger charge is 2.48. The van der Waals surface area contributed by atoms with Gasteiger partial charge in [0, 0.05) is 23.9 Å². The van der Waals surface area contributed by atoms with E-state index < -0.39 is 35.2 Å². The topological polar surface area (TPSA) is 165 Å². The fourth-order valence-corrected chi connectivity index (χ4v) is 4.91. The molecule has 3 aromatic carbocycles. The molecule has 236 valence electrons. The molecule has 0 saturated carbocycles. The third kappa shape index (κ3) is 6.31. The lowest BCUT2D eigenvalue weighted by atomic mass is 9.99. The predicted molar refractivity (Wildman–Crippen MR) is 166 cm³/mol. The lowest BCUT2D eigenvalue weighted by molar-refractivity contribution is -0.148. The number of nitrogens with one attached hydrogen (secondary N) is 5. The highest BCUT2D eigenvalue weighted by molar-refractivity contribution is 6.16. The lowest BCUT2D eigenvalue weighted by Gasteiger charge is -2.34. The molecule has 14 heteroatoms. The van der Waals surface area contributed by atoms with Gasteiger partial charge in [-0.25, -0.2) is 9.37 Å². The van der Waals surface area contributed by atoms with Gasteiger partial charge in [0.1, 0.15) is 18.4 Å². The quantitative estimate of drug-likeness (QED) is 0.213. The Hall–Kier alpha value is -5.92. The normalized spacial score (nSPS) is 19.5. The maximum atomic E-state index is 14.7. The molecule has 8 bridgehead atoms. The summed E-state index contributed by atoms with van der Waals surface area (Å²) in [6, 6.07) is 17.8. The molecule has 0 spiro atoms. The zero-order chi connectivity index (χ0) is 32.3. The monoisotopic (exact) mass is 627 g/mol. The van der Waals surface area contributed by atoms with Gasteiger partial charge in [0.05, 0.1) is 25.5 Å². The smallest absolute Gasteiger partial charge is 0.278 e. The van der Waals surface area contributed by atoms with E-state index in [0.29, 0.717) is 22.9 Å². The molecule has 6 aliphatic rings. The van der Waals surface area contributed by atoms with E-state index in [1.165, 1.54) is 26.2 Å². The Morgan fingerprint density at radius 2 is 1.72 bits per heavy atom. The van der Waals surface area contributed by atoms with Gasteiger partial charge in [-0.05, 0) is 42.8 Å². The average molecular weight is 628 g/mol. The molecule has 3 amide bonds. The van der Waals surface area contributed by atoms with Crippen LogP contribution in [0.3, 0.4) is 0 Å². The van der Waals surface area contributed by atoms with Crippen LogP contribution in [0, 0.1) is 5.82 Å². The summed E-state index contributed by atoms with van der Waals surface area (Å²) < 4.78 is 32.0. The van der Waals surface area contributed by atoms with Gasteiger partial charge >= 0.3 is 0 Å². The van der Waals surface area contributed by atoms with Gasteiger partial charge < -0.3 is 40.8 Å². The van der Waals surface area contributed by atoms with Gasteiger partial charge in [0.15, 0.2) is 23.1 Å². The Balaban J connectivity index is 1.34. The van der Waals surface area contributed by atoms with Gasteiger partial charge in [-0.1, -0.05) is 30.3 Å². The Bertz CT molecular complexity index is 1810. The molecule has 10 rings (SSSR count). The van der Waals surface area contributed by atoms with Crippen LogP contribution >= 0.6 is 0 Å². The Morgan fingerprint density at radius 3 is 2.50 bits per heavy atom. The van der Waals surface area contributed by atoms with E-state index in [4.69, 9.17) is 14.2 Å². The van der Waals surface area contributed by atoms with E-state index in [1.807, 2.05) is 30.3 Å². The van der Waals surface area contributed by atoms with Gasteiger partial charge in [-0.3, -0.25) is 14.4 Å². The highest BCUT2D eigenvalue weighted by Crippen LogP contribution is 2.37. The van der Waals surface area contributed by atoms with Crippen molar-refractivity contribution in [2.24, 2.45) is 0 Å². The molecule has 0 saturated heterocycles. The number of rotatable bonds is 3. The first-order valence-corrected chi connectivity index (χ1v) is 14.4. The van der Waals surface area contributed by atoms with Crippen molar-refractivity contribution in [2.45, 2.75) is 25.0 Å². The molecule has 0 radical (unpaired) electrons. The first-order valence-electron chi connectivity index (χ1n) is 14.4. The second kappa shape index (κ2) is 12.6. The minimum absolute atomic E-state index is 0.0822. The Morgan fingerprint density at radius 1 is 0.957 bits per heavy atom. The predicted octanol–water partition coefficient (Wildman–Crippen LogP) is 3.44. The van der Waals surface area contributed by atoms with Crippen LogP contribution in [0.2, 0.25) is 0 Å². The molecule has 2 atom stereocenters. The summed E-state index contributed by atoms with van der Waals surface area (Å²) in [5.41, 5.74) is -0.0367. The molecule has 46 heavy (non-hydrogen) atoms. The number of nitrogens with zero attached hydrogens (tertiary/aromatic N) is 2. The summed E-state index contributed by atoms with van der Waals surface area (Å²) in [5.74, 6) is -1.78. The summed E-state index contributed by atoms with van der Waals surface area (Å²) in [4.78, 5) is 48.6. The number of benzene rings is 3. The number of carbonyl (C=O) groups excluding carboxylic acids is 3. The fourth-order valence-electron chi connectivity index (χ4n) is 4.91. The van der Waals surface area contributed by atoms with E-state index in [2.05, 4.69) is 36.6 Å². The minimum atomic E-state index is -2.00. The summed E-state index contributed by atoms with van der Waals surface area (Å²) in [6.45, 7) is 1.51. The van der Waals surface area contributed by atoms with Gasteiger partial charge in [-0.2, -0.15) is 4.98 Å². The lowest BCUT2D eigenvalue weighted by Crippen LogP contribution is -2.62. The molecule has 1 aromatic heterocycles. The van der Waals surface area contributed by atoms with Crippen molar-refractivity contribution in [3.63, 3.8) is 0 Å². The van der Waals surface area contributed by atoms with E-state index >= 15 is 0 Å². The second-order valence-corrected chi connectivity index (χ2v) is 10.7. The van der Waals surface area contributed by atoms with Gasteiger partial charge in [0.25, 0.3) is 17.4 Å². The number of aromatic nitrogens is 2. The molecular weight excluding hydrogens is 597 g/mol. The van der Waals surface area contributed by atoms with Crippen LogP contribution in [-0.2, 0) is 20.8 Å². The molecular formula is C32H30FN7O6. The molecule has 1 unspecified atom stereocenters. The first-order chi connectivity index (χ1) is 22.2. The largest absolute Gasteiger partial charge is 0.493 e. The highest BCUT2D eigenvalue weighted by atomic mass is 19.1. The second-order valence-electron chi connectivity index (χ2n) is 10.7. The minimum Gasteiger partial charge on any atom is -0.493 e. The summed E-state index contributed by atoms with van der Waals surface area (Å²) in [5, 5.41) is 14.1. The Labute approximate surface area is 262 Å². The van der Waals surface area contributed by atoms with Crippen LogP contribution in [0.5, 0.6) is 17.2 Å². The van der Waals surface area contributed by atoms with Crippen molar-refractivity contribution < 1.29 is 33.0 Å². The van der Waals surface area contributed by atoms with Crippen molar-refractivity contribution in [3.8, 4) is 17.2 Å². The SMILES string of the molecule is COc1cc2ccc1OCCNC(=O)C(Cc1ccccc1)NC(=O)[C@@]1(C)Oc3ccc(cc3NC1=O)Nc1nc(ncc1F)N2. The van der Waals surface area contributed by atoms with Gasteiger partial charge in [0.2, 0.25) is 11.9 Å². The first kappa shape index (κ1) is 30.1. The van der Waals surface area contributed by atoms with Crippen LogP contribution in [0.1, 0.15) is 12.5 Å². The third-order valence-corrected chi connectivity index (χ3v) is 7.40. The van der Waals surface area contributed by atoms with E-state index in [0.717, 1.165) is 11.8 Å². The Kier molecular flexibility index (Phi) is 8.25. The van der Waals surface area contributed by atoms with Crippen molar-refractivity contribution in [1.29, 1.82) is 0 Å². The fraction of sp³-hybridized carbons (Fsp3) is 0.219. The van der Waals surface area contributed by atoms with Crippen molar-refractivity contribution in [2.75, 3.05) is 36.2 Å². The summed E-state index contributed by atoms with van der Waals surface area (Å²) >= 11 is 0. The van der Waals surface area contributed by atoms with E-state index in [-0.39, 0.29) is 42.8 Å². The van der Waals surface area contributed by atoms with Crippen molar-refractivity contribution >= 4 is 46.5 Å². The molecule has 4 aromatic rings. The number of hydrogen-bond acceptors (Lipinski definition) is 10.